The van der Waals surface area contributed by atoms with Crippen molar-refractivity contribution in [1.82, 2.24) is 19.5 Å². The van der Waals surface area contributed by atoms with Crippen molar-refractivity contribution in [3.63, 3.8) is 0 Å². The average Bonchev–Trinajstić information content (AvgIpc) is 3.37. The van der Waals surface area contributed by atoms with Gasteiger partial charge in [-0.25, -0.2) is 15.0 Å². The minimum atomic E-state index is -3.85. The summed E-state index contributed by atoms with van der Waals surface area (Å²) < 4.78 is 30.5. The Bertz CT molecular complexity index is 1270. The quantitative estimate of drug-likeness (QED) is 0.0744. The monoisotopic (exact) mass is 633 g/mol. The van der Waals surface area contributed by atoms with Gasteiger partial charge in [0.2, 0.25) is 0 Å². The van der Waals surface area contributed by atoms with Crippen molar-refractivity contribution < 1.29 is 23.5 Å². The van der Waals surface area contributed by atoms with Crippen LogP contribution in [-0.4, -0.2) is 64.8 Å². The minimum absolute atomic E-state index is 0.150. The van der Waals surface area contributed by atoms with Crippen molar-refractivity contribution in [2.24, 2.45) is 0 Å². The second-order valence-corrected chi connectivity index (χ2v) is 19.3. The van der Waals surface area contributed by atoms with Crippen molar-refractivity contribution in [2.45, 2.75) is 103 Å². The molecule has 0 aliphatic heterocycles. The maximum Gasteiger partial charge on any atom is 0.353 e. The molecule has 240 valence electrons. The van der Waals surface area contributed by atoms with Gasteiger partial charge in [0, 0.05) is 13.2 Å². The first-order chi connectivity index (χ1) is 20.5. The summed E-state index contributed by atoms with van der Waals surface area (Å²) in [5.41, 5.74) is 8.39. The fourth-order valence-electron chi connectivity index (χ4n) is 4.86. The van der Waals surface area contributed by atoms with Crippen LogP contribution in [0.5, 0.6) is 0 Å². The van der Waals surface area contributed by atoms with Gasteiger partial charge in [0.05, 0.1) is 33.7 Å². The molecular weight excluding hydrogens is 581 g/mol. The molecule has 0 spiro atoms. The molecule has 3 rings (SSSR count). The highest BCUT2D eigenvalue weighted by molar-refractivity contribution is 7.52. The van der Waals surface area contributed by atoms with Gasteiger partial charge in [-0.1, -0.05) is 87.6 Å². The summed E-state index contributed by atoms with van der Waals surface area (Å²) in [5, 5.41) is 1.54. The summed E-state index contributed by atoms with van der Waals surface area (Å²) in [6.45, 7) is 10.8. The normalized spacial score (nSPS) is 14.3. The summed E-state index contributed by atoms with van der Waals surface area (Å²) in [4.78, 5) is 22.4. The molecular formula is C31H52N5O5PSi. The SMILES string of the molecule is C[C@H](Cn1cnc2c(N)ncnc21)OCP(=O)(O)OCCCOCCCCCCCCCCc1ccc([Si](C)(C)C)cc1. The van der Waals surface area contributed by atoms with Crippen molar-refractivity contribution in [1.29, 1.82) is 0 Å². The molecule has 0 saturated carbocycles. The number of benzene rings is 1. The second kappa shape index (κ2) is 18.0. The fraction of sp³-hybridized carbons (Fsp3) is 0.645. The first-order valence-corrected chi connectivity index (χ1v) is 21.0. The third-order valence-electron chi connectivity index (χ3n) is 7.46. The number of rotatable bonds is 22. The van der Waals surface area contributed by atoms with Crippen molar-refractivity contribution in [2.75, 3.05) is 31.9 Å². The molecule has 12 heteroatoms. The van der Waals surface area contributed by atoms with Crippen LogP contribution in [0.25, 0.3) is 11.2 Å². The van der Waals surface area contributed by atoms with Gasteiger partial charge in [0.15, 0.2) is 11.5 Å². The Hall–Kier alpha value is -2.14. The molecule has 0 aliphatic carbocycles. The Morgan fingerprint density at radius 3 is 2.26 bits per heavy atom. The summed E-state index contributed by atoms with van der Waals surface area (Å²) in [7, 11) is -5.04. The Kier molecular flexibility index (Phi) is 14.8. The van der Waals surface area contributed by atoms with Crippen LogP contribution in [0.3, 0.4) is 0 Å². The van der Waals surface area contributed by atoms with Gasteiger partial charge in [-0.2, -0.15) is 0 Å². The highest BCUT2D eigenvalue weighted by Crippen LogP contribution is 2.42. The van der Waals surface area contributed by atoms with E-state index in [9.17, 15) is 9.46 Å². The largest absolute Gasteiger partial charge is 0.382 e. The second-order valence-electron chi connectivity index (χ2n) is 12.4. The zero-order chi connectivity index (χ0) is 31.1. The fourth-order valence-corrected chi connectivity index (χ4v) is 6.95. The summed E-state index contributed by atoms with van der Waals surface area (Å²) in [6, 6.07) is 9.33. The Labute approximate surface area is 258 Å². The Morgan fingerprint density at radius 2 is 1.56 bits per heavy atom. The lowest BCUT2D eigenvalue weighted by molar-refractivity contribution is 0.0688. The Morgan fingerprint density at radius 1 is 0.907 bits per heavy atom. The van der Waals surface area contributed by atoms with Crippen LogP contribution in [0, 0.1) is 0 Å². The van der Waals surface area contributed by atoms with E-state index in [1.165, 1.54) is 68.4 Å². The van der Waals surface area contributed by atoms with Gasteiger partial charge in [-0.05, 0) is 38.2 Å². The molecule has 3 aromatic rings. The molecule has 0 radical (unpaired) electrons. The number of aromatic nitrogens is 4. The van der Waals surface area contributed by atoms with Crippen LogP contribution in [0.2, 0.25) is 19.6 Å². The number of imidazole rings is 1. The molecule has 1 unspecified atom stereocenters. The third-order valence-corrected chi connectivity index (χ3v) is 10.6. The molecule has 2 heterocycles. The van der Waals surface area contributed by atoms with E-state index in [1.54, 1.807) is 17.8 Å². The number of nitrogens with zero attached hydrogens (tertiary/aromatic N) is 4. The van der Waals surface area contributed by atoms with Crippen molar-refractivity contribution in [3.8, 4) is 0 Å². The van der Waals surface area contributed by atoms with Crippen LogP contribution >= 0.6 is 7.60 Å². The number of ether oxygens (including phenoxy) is 2. The van der Waals surface area contributed by atoms with Gasteiger partial charge < -0.3 is 29.2 Å². The van der Waals surface area contributed by atoms with E-state index in [2.05, 4.69) is 58.9 Å². The average molecular weight is 634 g/mol. The zero-order valence-electron chi connectivity index (χ0n) is 26.5. The first-order valence-electron chi connectivity index (χ1n) is 15.7. The Balaban J connectivity index is 1.11. The predicted molar refractivity (Wildman–Crippen MR) is 176 cm³/mol. The smallest absolute Gasteiger partial charge is 0.353 e. The lowest BCUT2D eigenvalue weighted by Gasteiger charge is -2.17. The topological polar surface area (TPSA) is 135 Å². The molecule has 2 aromatic heterocycles. The van der Waals surface area contributed by atoms with Gasteiger partial charge in [0.25, 0.3) is 0 Å². The van der Waals surface area contributed by atoms with Crippen LogP contribution in [-0.2, 0) is 31.5 Å². The van der Waals surface area contributed by atoms with Gasteiger partial charge in [0.1, 0.15) is 18.2 Å². The number of hydrogen-bond acceptors (Lipinski definition) is 8. The zero-order valence-corrected chi connectivity index (χ0v) is 28.4. The minimum Gasteiger partial charge on any atom is -0.382 e. The summed E-state index contributed by atoms with van der Waals surface area (Å²) in [5.74, 6) is 0.307. The van der Waals surface area contributed by atoms with Crippen LogP contribution in [0.15, 0.2) is 36.9 Å². The number of fused-ring (bicyclic) bond motifs is 1. The van der Waals surface area contributed by atoms with Gasteiger partial charge >= 0.3 is 7.60 Å². The molecule has 1 aromatic carbocycles. The van der Waals surface area contributed by atoms with E-state index in [4.69, 9.17) is 19.7 Å². The predicted octanol–water partition coefficient (Wildman–Crippen LogP) is 6.29. The molecule has 43 heavy (non-hydrogen) atoms. The van der Waals surface area contributed by atoms with Gasteiger partial charge in [-0.3, -0.25) is 4.57 Å². The molecule has 0 fully saturated rings. The molecule has 10 nitrogen and oxygen atoms in total. The molecule has 0 saturated heterocycles. The number of nitrogen functional groups attached to an aromatic ring is 1. The van der Waals surface area contributed by atoms with E-state index in [1.807, 2.05) is 0 Å². The number of hydrogen-bond donors (Lipinski definition) is 2. The third kappa shape index (κ3) is 13.2. The summed E-state index contributed by atoms with van der Waals surface area (Å²) in [6.07, 6.45) is 13.9. The van der Waals surface area contributed by atoms with E-state index in [0.29, 0.717) is 43.2 Å². The first kappa shape index (κ1) is 35.3. The highest BCUT2D eigenvalue weighted by atomic mass is 31.2. The molecule has 0 bridgehead atoms. The highest BCUT2D eigenvalue weighted by Gasteiger charge is 2.22. The van der Waals surface area contributed by atoms with E-state index >= 15 is 0 Å². The maximum absolute atomic E-state index is 12.3. The number of aryl methyl sites for hydroxylation is 1. The van der Waals surface area contributed by atoms with Crippen LogP contribution in [0.1, 0.15) is 70.3 Å². The number of unbranched alkanes of at least 4 members (excludes halogenated alkanes) is 7. The van der Waals surface area contributed by atoms with Crippen molar-refractivity contribution in [3.05, 3.63) is 42.5 Å². The molecule has 2 atom stereocenters. The lowest BCUT2D eigenvalue weighted by Crippen LogP contribution is -2.37. The lowest BCUT2D eigenvalue weighted by atomic mass is 10.0. The van der Waals surface area contributed by atoms with Crippen LogP contribution in [0.4, 0.5) is 5.82 Å². The number of nitrogens with two attached hydrogens (primary N) is 1. The molecule has 0 aliphatic rings. The van der Waals surface area contributed by atoms with Crippen molar-refractivity contribution >= 4 is 37.8 Å². The molecule has 3 N–H and O–H groups in total. The maximum atomic E-state index is 12.3. The number of anilines is 1. The standard InChI is InChI=1S/C31H52N5O5PSi/c1-26(22-36-24-35-29-30(32)33-23-34-31(29)36)40-25-42(37,38)41-21-13-20-39-19-12-10-8-6-5-7-9-11-14-27-15-17-28(18-16-27)43(2,3)4/h15-18,23-24,26H,5-14,19-22,25H2,1-4H3,(H,37,38)(H2,32,33,34)/t26-/m1/s1. The van der Waals surface area contributed by atoms with E-state index < -0.39 is 15.7 Å². The summed E-state index contributed by atoms with van der Waals surface area (Å²) >= 11 is 0. The van der Waals surface area contributed by atoms with Crippen LogP contribution < -0.4 is 10.9 Å². The van der Waals surface area contributed by atoms with E-state index in [-0.39, 0.29) is 19.1 Å². The molecule has 0 amide bonds. The van der Waals surface area contributed by atoms with Gasteiger partial charge in [-0.15, -0.1) is 0 Å². The van der Waals surface area contributed by atoms with E-state index in [0.717, 1.165) is 6.42 Å².